The fourth-order valence-corrected chi connectivity index (χ4v) is 3.07. The van der Waals surface area contributed by atoms with E-state index < -0.39 is 12.7 Å². The minimum absolute atomic E-state index is 0.264. The Balaban J connectivity index is 2.55. The predicted molar refractivity (Wildman–Crippen MR) is 105 cm³/mol. The van der Waals surface area contributed by atoms with Gasteiger partial charge in [0.1, 0.15) is 5.82 Å². The second kappa shape index (κ2) is 12.1. The van der Waals surface area contributed by atoms with E-state index in [1.807, 2.05) is 13.2 Å². The second-order valence-electron chi connectivity index (χ2n) is 6.17. The first-order valence-corrected chi connectivity index (χ1v) is 10.2. The number of halogens is 4. The number of aliphatic imine (C=N–C) groups is 1. The van der Waals surface area contributed by atoms with Crippen molar-refractivity contribution in [1.29, 1.82) is 0 Å². The summed E-state index contributed by atoms with van der Waals surface area (Å²) in [5, 5.41) is 6.23. The first-order chi connectivity index (χ1) is 12.7. The Morgan fingerprint density at radius 3 is 2.59 bits per heavy atom. The molecule has 4 nitrogen and oxygen atoms in total. The third-order valence-corrected chi connectivity index (χ3v) is 4.28. The van der Waals surface area contributed by atoms with Gasteiger partial charge in [-0.25, -0.2) is 9.38 Å². The number of nitrogens with zero attached hydrogens (tertiary/aromatic N) is 2. The van der Waals surface area contributed by atoms with Crippen molar-refractivity contribution in [1.82, 2.24) is 15.5 Å². The first kappa shape index (κ1) is 23.6. The number of hydrogen-bond acceptors (Lipinski definition) is 3. The molecule has 1 aromatic carbocycles. The first-order valence-electron chi connectivity index (χ1n) is 8.79. The van der Waals surface area contributed by atoms with Crippen molar-refractivity contribution < 1.29 is 17.6 Å². The summed E-state index contributed by atoms with van der Waals surface area (Å²) in [4.78, 5) is 5.75. The number of thioether (sulfide) groups is 1. The summed E-state index contributed by atoms with van der Waals surface area (Å²) in [6, 6.07) is 4.68. The fraction of sp³-hybridized carbons (Fsp3) is 0.611. The van der Waals surface area contributed by atoms with Gasteiger partial charge in [0.05, 0.1) is 13.1 Å². The average molecular weight is 409 g/mol. The van der Waals surface area contributed by atoms with Crippen molar-refractivity contribution in [3.05, 3.63) is 35.1 Å². The van der Waals surface area contributed by atoms with Gasteiger partial charge in [0.25, 0.3) is 0 Å². The van der Waals surface area contributed by atoms with Crippen molar-refractivity contribution in [3.8, 4) is 0 Å². The average Bonchev–Trinajstić information content (AvgIpc) is 2.56. The summed E-state index contributed by atoms with van der Waals surface area (Å²) in [5.41, 5.74) is 1.86. The fourth-order valence-electron chi connectivity index (χ4n) is 2.49. The van der Waals surface area contributed by atoms with Gasteiger partial charge >= 0.3 is 6.18 Å². The van der Waals surface area contributed by atoms with Crippen LogP contribution in [0.25, 0.3) is 0 Å². The number of rotatable bonds is 10. The molecule has 0 amide bonds. The smallest absolute Gasteiger partial charge is 0.357 e. The highest BCUT2D eigenvalue weighted by Gasteiger charge is 2.28. The van der Waals surface area contributed by atoms with E-state index in [-0.39, 0.29) is 5.82 Å². The van der Waals surface area contributed by atoms with Gasteiger partial charge in [-0.2, -0.15) is 24.9 Å². The maximum absolute atomic E-state index is 13.4. The number of hydrogen-bond donors (Lipinski definition) is 2. The molecular weight excluding hydrogens is 380 g/mol. The molecule has 0 aliphatic carbocycles. The van der Waals surface area contributed by atoms with Crippen molar-refractivity contribution in [2.24, 2.45) is 4.99 Å². The van der Waals surface area contributed by atoms with Crippen LogP contribution in [-0.4, -0.2) is 56.5 Å². The van der Waals surface area contributed by atoms with Gasteiger partial charge in [0.15, 0.2) is 5.96 Å². The standard InChI is InChI=1S/C18H28F4N4S/c1-4-23-17(24-8-5-9-26(2)13-18(20,21)22)25-11-14-6-7-16(19)10-15(14)12-27-3/h6-7,10H,4-5,8-9,11-13H2,1-3H3,(H2,23,24,25). The molecule has 27 heavy (non-hydrogen) atoms. The van der Waals surface area contributed by atoms with Crippen molar-refractivity contribution in [2.45, 2.75) is 31.8 Å². The molecule has 0 atom stereocenters. The predicted octanol–water partition coefficient (Wildman–Crippen LogP) is 3.63. The van der Waals surface area contributed by atoms with Gasteiger partial charge < -0.3 is 10.6 Å². The lowest BCUT2D eigenvalue weighted by molar-refractivity contribution is -0.143. The summed E-state index contributed by atoms with van der Waals surface area (Å²) >= 11 is 1.61. The molecule has 0 fully saturated rings. The van der Waals surface area contributed by atoms with E-state index in [1.54, 1.807) is 17.8 Å². The summed E-state index contributed by atoms with van der Waals surface area (Å²) in [5.74, 6) is 1.04. The lowest BCUT2D eigenvalue weighted by Crippen LogP contribution is -2.39. The quantitative estimate of drug-likeness (QED) is 0.268. The van der Waals surface area contributed by atoms with Crippen LogP contribution in [0.2, 0.25) is 0 Å². The summed E-state index contributed by atoms with van der Waals surface area (Å²) in [7, 11) is 1.45. The molecule has 0 bridgehead atoms. The molecule has 0 unspecified atom stereocenters. The van der Waals surface area contributed by atoms with Gasteiger partial charge in [-0.3, -0.25) is 4.90 Å². The number of guanidine groups is 1. The van der Waals surface area contributed by atoms with Gasteiger partial charge in [-0.1, -0.05) is 6.07 Å². The summed E-state index contributed by atoms with van der Waals surface area (Å²) < 4.78 is 50.3. The van der Waals surface area contributed by atoms with E-state index in [4.69, 9.17) is 0 Å². The van der Waals surface area contributed by atoms with Crippen LogP contribution in [-0.2, 0) is 12.3 Å². The molecule has 154 valence electrons. The van der Waals surface area contributed by atoms with Crippen LogP contribution in [0, 0.1) is 5.82 Å². The Kier molecular flexibility index (Phi) is 10.5. The number of benzene rings is 1. The van der Waals surface area contributed by atoms with E-state index in [0.717, 1.165) is 11.1 Å². The Labute approximate surface area is 162 Å². The third-order valence-electron chi connectivity index (χ3n) is 3.68. The molecule has 0 spiro atoms. The molecule has 0 saturated carbocycles. The van der Waals surface area contributed by atoms with Crippen molar-refractivity contribution in [2.75, 3.05) is 39.5 Å². The Bertz CT molecular complexity index is 593. The van der Waals surface area contributed by atoms with Crippen LogP contribution in [0.3, 0.4) is 0 Å². The van der Waals surface area contributed by atoms with Crippen LogP contribution < -0.4 is 10.6 Å². The maximum atomic E-state index is 13.4. The molecular formula is C18H28F4N4S. The zero-order valence-electron chi connectivity index (χ0n) is 16.0. The van der Waals surface area contributed by atoms with Gasteiger partial charge in [-0.15, -0.1) is 0 Å². The molecule has 0 aliphatic heterocycles. The number of alkyl halides is 3. The highest BCUT2D eigenvalue weighted by molar-refractivity contribution is 7.97. The van der Waals surface area contributed by atoms with Crippen LogP contribution in [0.4, 0.5) is 17.6 Å². The van der Waals surface area contributed by atoms with Crippen LogP contribution in [0.1, 0.15) is 24.5 Å². The lowest BCUT2D eigenvalue weighted by atomic mass is 10.1. The highest BCUT2D eigenvalue weighted by Crippen LogP contribution is 2.17. The molecule has 0 aliphatic rings. The second-order valence-corrected chi connectivity index (χ2v) is 7.04. The minimum Gasteiger partial charge on any atom is -0.357 e. The van der Waals surface area contributed by atoms with E-state index >= 15 is 0 Å². The topological polar surface area (TPSA) is 39.7 Å². The molecule has 1 rings (SSSR count). The molecule has 1 aromatic rings. The molecule has 9 heteroatoms. The monoisotopic (exact) mass is 408 g/mol. The number of nitrogens with one attached hydrogen (secondary N) is 2. The van der Waals surface area contributed by atoms with Crippen molar-refractivity contribution >= 4 is 17.7 Å². The third kappa shape index (κ3) is 10.4. The molecule has 2 N–H and O–H groups in total. The molecule has 0 radical (unpaired) electrons. The van der Waals surface area contributed by atoms with Crippen molar-refractivity contribution in [3.63, 3.8) is 0 Å². The van der Waals surface area contributed by atoms with Crippen LogP contribution in [0.15, 0.2) is 23.2 Å². The van der Waals surface area contributed by atoms with Gasteiger partial charge in [-0.05, 0) is 56.5 Å². The molecule has 0 saturated heterocycles. The minimum atomic E-state index is -4.18. The lowest BCUT2D eigenvalue weighted by Gasteiger charge is -2.19. The Hall–Kier alpha value is -1.48. The van der Waals surface area contributed by atoms with E-state index in [0.29, 0.717) is 44.3 Å². The van der Waals surface area contributed by atoms with E-state index in [1.165, 1.54) is 24.1 Å². The Morgan fingerprint density at radius 2 is 1.96 bits per heavy atom. The Morgan fingerprint density at radius 1 is 1.22 bits per heavy atom. The SMILES string of the molecule is CCNC(=NCc1ccc(F)cc1CSC)NCCCN(C)CC(F)(F)F. The summed E-state index contributed by atoms with van der Waals surface area (Å²) in [6.45, 7) is 2.94. The molecule has 0 aromatic heterocycles. The maximum Gasteiger partial charge on any atom is 0.401 e. The van der Waals surface area contributed by atoms with E-state index in [9.17, 15) is 17.6 Å². The van der Waals surface area contributed by atoms with E-state index in [2.05, 4.69) is 15.6 Å². The van der Waals surface area contributed by atoms with Crippen LogP contribution in [0.5, 0.6) is 0 Å². The zero-order valence-corrected chi connectivity index (χ0v) is 16.8. The normalized spacial score (nSPS) is 12.5. The highest BCUT2D eigenvalue weighted by atomic mass is 32.2. The van der Waals surface area contributed by atoms with Gasteiger partial charge in [0.2, 0.25) is 0 Å². The van der Waals surface area contributed by atoms with Gasteiger partial charge in [0, 0.05) is 18.8 Å². The largest absolute Gasteiger partial charge is 0.401 e. The molecule has 0 heterocycles. The zero-order chi connectivity index (χ0) is 20.3. The van der Waals surface area contributed by atoms with Crippen LogP contribution >= 0.6 is 11.8 Å². The summed E-state index contributed by atoms with van der Waals surface area (Å²) in [6.07, 6.45) is -1.66.